The standard InChI is InChI=1S/C13H24O2/c1-11(2)8-6-4-5-7-9-12(3)10-13(14)15/h10-11H,4-9H2,1-3H3,(H,14,15)/b12-10+. The molecule has 0 fully saturated rings. The van der Waals surface area contributed by atoms with Crippen molar-refractivity contribution in [3.63, 3.8) is 0 Å². The third-order valence-electron chi connectivity index (χ3n) is 2.47. The maximum absolute atomic E-state index is 10.3. The van der Waals surface area contributed by atoms with Gasteiger partial charge in [-0.1, -0.05) is 45.1 Å². The molecule has 88 valence electrons. The van der Waals surface area contributed by atoms with Crippen molar-refractivity contribution in [3.8, 4) is 0 Å². The summed E-state index contributed by atoms with van der Waals surface area (Å²) in [5.74, 6) is -0.0223. The van der Waals surface area contributed by atoms with Gasteiger partial charge in [0, 0.05) is 6.08 Å². The fourth-order valence-electron chi connectivity index (χ4n) is 1.59. The maximum atomic E-state index is 10.3. The van der Waals surface area contributed by atoms with Crippen LogP contribution in [-0.2, 0) is 4.79 Å². The summed E-state index contributed by atoms with van der Waals surface area (Å²) in [6.07, 6.45) is 8.47. The number of hydrogen-bond donors (Lipinski definition) is 1. The summed E-state index contributed by atoms with van der Waals surface area (Å²) in [6.45, 7) is 6.39. The van der Waals surface area contributed by atoms with Crippen molar-refractivity contribution in [1.82, 2.24) is 0 Å². The van der Waals surface area contributed by atoms with Gasteiger partial charge >= 0.3 is 5.97 Å². The van der Waals surface area contributed by atoms with E-state index in [4.69, 9.17) is 5.11 Å². The number of unbranched alkanes of at least 4 members (excludes halogenated alkanes) is 3. The van der Waals surface area contributed by atoms with Crippen LogP contribution < -0.4 is 0 Å². The van der Waals surface area contributed by atoms with Gasteiger partial charge in [-0.25, -0.2) is 4.79 Å². The molecule has 0 radical (unpaired) electrons. The van der Waals surface area contributed by atoms with Crippen LogP contribution in [0.15, 0.2) is 11.6 Å². The Morgan fingerprint density at radius 2 is 1.80 bits per heavy atom. The number of rotatable bonds is 8. The molecule has 0 saturated carbocycles. The maximum Gasteiger partial charge on any atom is 0.328 e. The van der Waals surface area contributed by atoms with Crippen molar-refractivity contribution < 1.29 is 9.90 Å². The molecular weight excluding hydrogens is 188 g/mol. The molecule has 0 rings (SSSR count). The van der Waals surface area contributed by atoms with Crippen LogP contribution in [0.25, 0.3) is 0 Å². The van der Waals surface area contributed by atoms with Gasteiger partial charge in [0.1, 0.15) is 0 Å². The fraction of sp³-hybridized carbons (Fsp3) is 0.769. The molecule has 1 N–H and O–H groups in total. The Morgan fingerprint density at radius 1 is 1.20 bits per heavy atom. The van der Waals surface area contributed by atoms with E-state index < -0.39 is 5.97 Å². The van der Waals surface area contributed by atoms with Crippen LogP contribution in [0.1, 0.15) is 59.3 Å². The monoisotopic (exact) mass is 212 g/mol. The molecule has 0 bridgehead atoms. The zero-order valence-corrected chi connectivity index (χ0v) is 10.3. The van der Waals surface area contributed by atoms with Crippen molar-refractivity contribution in [1.29, 1.82) is 0 Å². The molecule has 0 aliphatic rings. The highest BCUT2D eigenvalue weighted by atomic mass is 16.4. The molecule has 0 aromatic carbocycles. The molecule has 0 aliphatic carbocycles. The van der Waals surface area contributed by atoms with Gasteiger partial charge in [0.25, 0.3) is 0 Å². The molecular formula is C13H24O2. The zero-order chi connectivity index (χ0) is 11.7. The minimum absolute atomic E-state index is 0.804. The predicted molar refractivity (Wildman–Crippen MR) is 63.9 cm³/mol. The Balaban J connectivity index is 3.35. The van der Waals surface area contributed by atoms with Crippen molar-refractivity contribution in [3.05, 3.63) is 11.6 Å². The largest absolute Gasteiger partial charge is 0.478 e. The average molecular weight is 212 g/mol. The normalized spacial score (nSPS) is 12.1. The van der Waals surface area contributed by atoms with Gasteiger partial charge in [-0.3, -0.25) is 0 Å². The second kappa shape index (κ2) is 8.51. The van der Waals surface area contributed by atoms with Gasteiger partial charge in [-0.05, 0) is 25.7 Å². The summed E-state index contributed by atoms with van der Waals surface area (Å²) in [7, 11) is 0. The molecule has 0 saturated heterocycles. The van der Waals surface area contributed by atoms with Crippen molar-refractivity contribution >= 4 is 5.97 Å². The Kier molecular flexibility index (Phi) is 8.06. The molecule has 0 heterocycles. The molecule has 0 spiro atoms. The van der Waals surface area contributed by atoms with E-state index in [2.05, 4.69) is 13.8 Å². The molecule has 0 aromatic rings. The van der Waals surface area contributed by atoms with E-state index in [9.17, 15) is 4.79 Å². The number of hydrogen-bond acceptors (Lipinski definition) is 1. The first kappa shape index (κ1) is 14.2. The van der Waals surface area contributed by atoms with Gasteiger partial charge in [-0.2, -0.15) is 0 Å². The lowest BCUT2D eigenvalue weighted by Crippen LogP contribution is -1.91. The molecule has 2 heteroatoms. The minimum atomic E-state index is -0.827. The lowest BCUT2D eigenvalue weighted by Gasteiger charge is -2.04. The van der Waals surface area contributed by atoms with E-state index in [1.54, 1.807) is 0 Å². The van der Waals surface area contributed by atoms with E-state index in [-0.39, 0.29) is 0 Å². The Labute approximate surface area is 93.4 Å². The van der Waals surface area contributed by atoms with Gasteiger partial charge < -0.3 is 5.11 Å². The second-order valence-corrected chi connectivity index (χ2v) is 4.68. The highest BCUT2D eigenvalue weighted by Gasteiger charge is 1.96. The van der Waals surface area contributed by atoms with E-state index in [1.807, 2.05) is 6.92 Å². The van der Waals surface area contributed by atoms with Crippen LogP contribution in [0.4, 0.5) is 0 Å². The Bertz CT molecular complexity index is 205. The number of aliphatic carboxylic acids is 1. The van der Waals surface area contributed by atoms with Crippen molar-refractivity contribution in [2.75, 3.05) is 0 Å². The minimum Gasteiger partial charge on any atom is -0.478 e. The zero-order valence-electron chi connectivity index (χ0n) is 10.3. The third-order valence-corrected chi connectivity index (χ3v) is 2.47. The lowest BCUT2D eigenvalue weighted by molar-refractivity contribution is -0.131. The highest BCUT2D eigenvalue weighted by molar-refractivity contribution is 5.80. The third kappa shape index (κ3) is 11.1. The topological polar surface area (TPSA) is 37.3 Å². The lowest BCUT2D eigenvalue weighted by atomic mass is 10.0. The molecule has 0 atom stereocenters. The van der Waals surface area contributed by atoms with E-state index in [0.29, 0.717) is 0 Å². The first-order valence-corrected chi connectivity index (χ1v) is 5.92. The van der Waals surface area contributed by atoms with Crippen LogP contribution >= 0.6 is 0 Å². The molecule has 0 unspecified atom stereocenters. The molecule has 0 amide bonds. The summed E-state index contributed by atoms with van der Waals surface area (Å²) in [6, 6.07) is 0. The summed E-state index contributed by atoms with van der Waals surface area (Å²) >= 11 is 0. The van der Waals surface area contributed by atoms with Crippen LogP contribution in [0, 0.1) is 5.92 Å². The van der Waals surface area contributed by atoms with Gasteiger partial charge in [0.05, 0.1) is 0 Å². The van der Waals surface area contributed by atoms with Gasteiger partial charge in [-0.15, -0.1) is 0 Å². The van der Waals surface area contributed by atoms with E-state index in [1.165, 1.54) is 31.8 Å². The number of carbonyl (C=O) groups is 1. The fourth-order valence-corrected chi connectivity index (χ4v) is 1.59. The first-order chi connectivity index (χ1) is 7.02. The molecule has 0 aliphatic heterocycles. The second-order valence-electron chi connectivity index (χ2n) is 4.68. The predicted octanol–water partition coefficient (Wildman–Crippen LogP) is 4.01. The Hall–Kier alpha value is -0.790. The van der Waals surface area contributed by atoms with Crippen LogP contribution in [0.5, 0.6) is 0 Å². The van der Waals surface area contributed by atoms with Gasteiger partial charge in [0.15, 0.2) is 0 Å². The highest BCUT2D eigenvalue weighted by Crippen LogP contribution is 2.12. The van der Waals surface area contributed by atoms with Crippen LogP contribution in [0.3, 0.4) is 0 Å². The first-order valence-electron chi connectivity index (χ1n) is 5.92. The summed E-state index contributed by atoms with van der Waals surface area (Å²) < 4.78 is 0. The van der Waals surface area contributed by atoms with Gasteiger partial charge in [0.2, 0.25) is 0 Å². The molecule has 0 aromatic heterocycles. The summed E-state index contributed by atoms with van der Waals surface area (Å²) in [5.41, 5.74) is 0.978. The summed E-state index contributed by atoms with van der Waals surface area (Å²) in [4.78, 5) is 10.3. The average Bonchev–Trinajstić information content (AvgIpc) is 2.09. The smallest absolute Gasteiger partial charge is 0.328 e. The van der Waals surface area contributed by atoms with Crippen molar-refractivity contribution in [2.24, 2.45) is 5.92 Å². The van der Waals surface area contributed by atoms with E-state index >= 15 is 0 Å². The number of carboxylic acids is 1. The van der Waals surface area contributed by atoms with Crippen LogP contribution in [0.2, 0.25) is 0 Å². The number of carboxylic acid groups (broad SMARTS) is 1. The van der Waals surface area contributed by atoms with Crippen molar-refractivity contribution in [2.45, 2.75) is 59.3 Å². The molecule has 2 nitrogen and oxygen atoms in total. The SMILES string of the molecule is C/C(=C\C(=O)O)CCCCCCC(C)C. The number of allylic oxidation sites excluding steroid dienone is 1. The van der Waals surface area contributed by atoms with Crippen LogP contribution in [-0.4, -0.2) is 11.1 Å². The molecule has 15 heavy (non-hydrogen) atoms. The quantitative estimate of drug-likeness (QED) is 0.487. The van der Waals surface area contributed by atoms with E-state index in [0.717, 1.165) is 24.3 Å². The summed E-state index contributed by atoms with van der Waals surface area (Å²) in [5, 5.41) is 8.51. The Morgan fingerprint density at radius 3 is 2.33 bits per heavy atom.